The molecule has 22 heavy (non-hydrogen) atoms. The van der Waals surface area contributed by atoms with Crippen LogP contribution < -0.4 is 4.90 Å². The summed E-state index contributed by atoms with van der Waals surface area (Å²) in [5, 5.41) is 0. The first kappa shape index (κ1) is 14.7. The smallest absolute Gasteiger partial charge is 0.168 e. The molecule has 0 aliphatic carbocycles. The second-order valence-electron chi connectivity index (χ2n) is 5.23. The van der Waals surface area contributed by atoms with Crippen LogP contribution in [0, 0.1) is 5.82 Å². The normalized spacial score (nSPS) is 14.9. The number of halogens is 1. The molecule has 4 nitrogen and oxygen atoms in total. The number of morpholine rings is 1. The summed E-state index contributed by atoms with van der Waals surface area (Å²) in [6, 6.07) is 9.64. The number of carbonyl (C=O) groups excluding carboxylic acids is 1. The second-order valence-corrected chi connectivity index (χ2v) is 5.23. The largest absolute Gasteiger partial charge is 0.378 e. The highest BCUT2D eigenvalue weighted by molar-refractivity contribution is 5.97. The maximum Gasteiger partial charge on any atom is 0.168 e. The van der Waals surface area contributed by atoms with Gasteiger partial charge in [-0.3, -0.25) is 4.79 Å². The Kier molecular flexibility index (Phi) is 4.44. The van der Waals surface area contributed by atoms with Gasteiger partial charge in [-0.2, -0.15) is 0 Å². The topological polar surface area (TPSA) is 42.4 Å². The molecule has 1 saturated heterocycles. The van der Waals surface area contributed by atoms with Crippen LogP contribution in [0.3, 0.4) is 0 Å². The summed E-state index contributed by atoms with van der Waals surface area (Å²) in [6.07, 6.45) is 1.86. The monoisotopic (exact) mass is 300 g/mol. The zero-order valence-corrected chi connectivity index (χ0v) is 12.2. The van der Waals surface area contributed by atoms with Crippen LogP contribution in [0.15, 0.2) is 42.6 Å². The van der Waals surface area contributed by atoms with Crippen LogP contribution in [0.1, 0.15) is 15.9 Å². The standard InChI is InChI=1S/C17H17FN2O2/c18-15-4-1-13(2-5-15)11-16(21)14-3-6-17(19-12-14)20-7-9-22-10-8-20/h1-6,12H,7-11H2. The van der Waals surface area contributed by atoms with Gasteiger partial charge in [0.1, 0.15) is 11.6 Å². The molecule has 0 saturated carbocycles. The van der Waals surface area contributed by atoms with Crippen LogP contribution >= 0.6 is 0 Å². The van der Waals surface area contributed by atoms with Gasteiger partial charge in [-0.05, 0) is 29.8 Å². The van der Waals surface area contributed by atoms with Crippen LogP contribution in [0.5, 0.6) is 0 Å². The number of anilines is 1. The van der Waals surface area contributed by atoms with Gasteiger partial charge in [-0.1, -0.05) is 12.1 Å². The van der Waals surface area contributed by atoms with Gasteiger partial charge in [-0.25, -0.2) is 9.37 Å². The summed E-state index contributed by atoms with van der Waals surface area (Å²) in [5.41, 5.74) is 1.37. The summed E-state index contributed by atoms with van der Waals surface area (Å²) in [5.74, 6) is 0.544. The highest BCUT2D eigenvalue weighted by Gasteiger charge is 2.13. The van der Waals surface area contributed by atoms with Crippen molar-refractivity contribution < 1.29 is 13.9 Å². The zero-order chi connectivity index (χ0) is 15.4. The molecule has 0 N–H and O–H groups in total. The fourth-order valence-corrected chi connectivity index (χ4v) is 2.42. The van der Waals surface area contributed by atoms with Gasteiger partial charge >= 0.3 is 0 Å². The van der Waals surface area contributed by atoms with Gasteiger partial charge < -0.3 is 9.64 Å². The van der Waals surface area contributed by atoms with Crippen molar-refractivity contribution in [2.75, 3.05) is 31.2 Å². The maximum atomic E-state index is 12.9. The van der Waals surface area contributed by atoms with E-state index in [9.17, 15) is 9.18 Å². The fourth-order valence-electron chi connectivity index (χ4n) is 2.42. The first-order valence-electron chi connectivity index (χ1n) is 7.29. The Morgan fingerprint density at radius 1 is 1.14 bits per heavy atom. The van der Waals surface area contributed by atoms with Crippen LogP contribution in [0.2, 0.25) is 0 Å². The number of hydrogen-bond acceptors (Lipinski definition) is 4. The van der Waals surface area contributed by atoms with E-state index in [2.05, 4.69) is 9.88 Å². The molecule has 0 amide bonds. The minimum absolute atomic E-state index is 0.0207. The molecule has 1 fully saturated rings. The molecule has 1 aromatic heterocycles. The van der Waals surface area contributed by atoms with E-state index < -0.39 is 0 Å². The number of pyridine rings is 1. The lowest BCUT2D eigenvalue weighted by molar-refractivity contribution is 0.0992. The van der Waals surface area contributed by atoms with Gasteiger partial charge in [0.05, 0.1) is 13.2 Å². The number of benzene rings is 1. The van der Waals surface area contributed by atoms with E-state index in [1.165, 1.54) is 12.1 Å². The quantitative estimate of drug-likeness (QED) is 0.814. The second kappa shape index (κ2) is 6.66. The van der Waals surface area contributed by atoms with Crippen molar-refractivity contribution in [2.45, 2.75) is 6.42 Å². The third kappa shape index (κ3) is 3.49. The van der Waals surface area contributed by atoms with E-state index >= 15 is 0 Å². The number of carbonyl (C=O) groups is 1. The Bertz CT molecular complexity index is 635. The van der Waals surface area contributed by atoms with Gasteiger partial charge in [0.25, 0.3) is 0 Å². The van der Waals surface area contributed by atoms with Gasteiger partial charge in [0, 0.05) is 31.3 Å². The first-order chi connectivity index (χ1) is 10.7. The molecule has 2 aromatic rings. The Morgan fingerprint density at radius 2 is 1.86 bits per heavy atom. The summed E-state index contributed by atoms with van der Waals surface area (Å²) < 4.78 is 18.2. The van der Waals surface area contributed by atoms with Crippen LogP contribution in [0.25, 0.3) is 0 Å². The lowest BCUT2D eigenvalue weighted by Crippen LogP contribution is -2.36. The summed E-state index contributed by atoms with van der Waals surface area (Å²) in [4.78, 5) is 18.7. The van der Waals surface area contributed by atoms with Crippen molar-refractivity contribution in [2.24, 2.45) is 0 Å². The molecule has 2 heterocycles. The number of rotatable bonds is 4. The number of hydrogen-bond donors (Lipinski definition) is 0. The Hall–Kier alpha value is -2.27. The molecule has 1 aromatic carbocycles. The molecule has 5 heteroatoms. The highest BCUT2D eigenvalue weighted by Crippen LogP contribution is 2.14. The zero-order valence-electron chi connectivity index (χ0n) is 12.2. The predicted molar refractivity (Wildman–Crippen MR) is 81.7 cm³/mol. The van der Waals surface area contributed by atoms with Crippen LogP contribution in [-0.4, -0.2) is 37.1 Å². The summed E-state index contributed by atoms with van der Waals surface area (Å²) >= 11 is 0. The van der Waals surface area contributed by atoms with Gasteiger partial charge in [0.2, 0.25) is 0 Å². The fraction of sp³-hybridized carbons (Fsp3) is 0.294. The Balaban J connectivity index is 1.66. The van der Waals surface area contributed by atoms with Crippen molar-refractivity contribution in [3.63, 3.8) is 0 Å². The Labute approximate surface area is 128 Å². The van der Waals surface area contributed by atoms with E-state index in [1.807, 2.05) is 6.07 Å². The molecule has 0 spiro atoms. The third-order valence-electron chi connectivity index (χ3n) is 3.68. The minimum Gasteiger partial charge on any atom is -0.378 e. The summed E-state index contributed by atoms with van der Waals surface area (Å²) in [7, 11) is 0. The number of nitrogens with zero attached hydrogens (tertiary/aromatic N) is 2. The average molecular weight is 300 g/mol. The number of ketones is 1. The molecule has 3 rings (SSSR count). The van der Waals surface area contributed by atoms with Crippen molar-refractivity contribution >= 4 is 11.6 Å². The first-order valence-corrected chi connectivity index (χ1v) is 7.29. The van der Waals surface area contributed by atoms with Crippen LogP contribution in [-0.2, 0) is 11.2 Å². The van der Waals surface area contributed by atoms with Gasteiger partial charge in [-0.15, -0.1) is 0 Å². The number of aromatic nitrogens is 1. The van der Waals surface area contributed by atoms with Crippen molar-refractivity contribution in [1.82, 2.24) is 4.98 Å². The van der Waals surface area contributed by atoms with E-state index in [1.54, 1.807) is 24.4 Å². The van der Waals surface area contributed by atoms with Crippen molar-refractivity contribution in [1.29, 1.82) is 0 Å². The molecule has 1 aliphatic heterocycles. The van der Waals surface area contributed by atoms with E-state index in [0.29, 0.717) is 18.8 Å². The number of Topliss-reactive ketones (excluding diaryl/α,β-unsaturated/α-hetero) is 1. The predicted octanol–water partition coefficient (Wildman–Crippen LogP) is 2.48. The van der Waals surface area contributed by atoms with E-state index in [-0.39, 0.29) is 18.0 Å². The highest BCUT2D eigenvalue weighted by atomic mass is 19.1. The molecule has 0 radical (unpaired) electrons. The molecular weight excluding hydrogens is 283 g/mol. The molecule has 114 valence electrons. The SMILES string of the molecule is O=C(Cc1ccc(F)cc1)c1ccc(N2CCOCC2)nc1. The summed E-state index contributed by atoms with van der Waals surface area (Å²) in [6.45, 7) is 3.03. The van der Waals surface area contributed by atoms with Crippen LogP contribution in [0.4, 0.5) is 10.2 Å². The lowest BCUT2D eigenvalue weighted by atomic mass is 10.0. The van der Waals surface area contributed by atoms with E-state index in [4.69, 9.17) is 4.74 Å². The molecular formula is C17H17FN2O2. The Morgan fingerprint density at radius 3 is 2.50 bits per heavy atom. The molecule has 0 bridgehead atoms. The van der Waals surface area contributed by atoms with Crippen molar-refractivity contribution in [3.8, 4) is 0 Å². The molecule has 1 aliphatic rings. The average Bonchev–Trinajstić information content (AvgIpc) is 2.58. The van der Waals surface area contributed by atoms with E-state index in [0.717, 1.165) is 24.5 Å². The third-order valence-corrected chi connectivity index (χ3v) is 3.68. The minimum atomic E-state index is -0.298. The number of ether oxygens (including phenoxy) is 1. The lowest BCUT2D eigenvalue weighted by Gasteiger charge is -2.27. The van der Waals surface area contributed by atoms with Gasteiger partial charge in [0.15, 0.2) is 5.78 Å². The maximum absolute atomic E-state index is 12.9. The van der Waals surface area contributed by atoms with Crippen molar-refractivity contribution in [3.05, 3.63) is 59.5 Å². The molecule has 0 unspecified atom stereocenters. The molecule has 0 atom stereocenters.